The van der Waals surface area contributed by atoms with Gasteiger partial charge in [-0.1, -0.05) is 12.1 Å². The maximum Gasteiger partial charge on any atom is 0.360 e. The van der Waals surface area contributed by atoms with E-state index >= 15 is 0 Å². The van der Waals surface area contributed by atoms with Crippen molar-refractivity contribution in [2.45, 2.75) is 37.0 Å². The first-order valence-corrected chi connectivity index (χ1v) is 9.71. The third-order valence-corrected chi connectivity index (χ3v) is 5.93. The predicted octanol–water partition coefficient (Wildman–Crippen LogP) is 0.904. The van der Waals surface area contributed by atoms with Gasteiger partial charge in [-0.05, 0) is 37.7 Å². The Kier molecular flexibility index (Phi) is 5.36. The summed E-state index contributed by atoms with van der Waals surface area (Å²) < 4.78 is 22.5. The fourth-order valence-corrected chi connectivity index (χ4v) is 4.62. The molecular weight excluding hydrogens is 359 g/mol. The van der Waals surface area contributed by atoms with Gasteiger partial charge in [0.05, 0.1) is 19.1 Å². The van der Waals surface area contributed by atoms with Crippen molar-refractivity contribution in [3.63, 3.8) is 0 Å². The number of hydrogen-bond donors (Lipinski definition) is 1. The van der Waals surface area contributed by atoms with Crippen molar-refractivity contribution in [1.82, 2.24) is 10.1 Å². The highest BCUT2D eigenvalue weighted by Gasteiger charge is 2.53. The van der Waals surface area contributed by atoms with Crippen LogP contribution in [0.4, 0.5) is 0 Å². The molecule has 0 radical (unpaired) electrons. The summed E-state index contributed by atoms with van der Waals surface area (Å²) in [5.74, 6) is 1.32. The lowest BCUT2D eigenvalue weighted by Gasteiger charge is -2.36. The molecule has 28 heavy (non-hydrogen) atoms. The summed E-state index contributed by atoms with van der Waals surface area (Å²) in [5.41, 5.74) is 2.33. The lowest BCUT2D eigenvalue weighted by atomic mass is 9.69. The molecule has 0 saturated carbocycles. The number of methoxy groups -OCH3 is 1. The van der Waals surface area contributed by atoms with E-state index in [0.29, 0.717) is 14.0 Å². The Balaban J connectivity index is 1.60. The minimum Gasteiger partial charge on any atom is -0.493 e. The standard InChI is InChI=1S/C20H27BN2O5/c1-23-9-8-20-7-6-14(27-17(24)11-22-21-26-3)10-16(20)28-19-15(25-2)5-4-13(12-23)18(19)20/h4-7,14,16,21-22H,8-12H2,1-3H3/t14-,16-,20-/m0/s1. The molecule has 1 aliphatic carbocycles. The topological polar surface area (TPSA) is 69.3 Å². The number of esters is 1. The van der Waals surface area contributed by atoms with Gasteiger partial charge in [0.2, 0.25) is 0 Å². The number of nitrogens with zero attached hydrogens (tertiary/aromatic N) is 1. The van der Waals surface area contributed by atoms with E-state index in [-0.39, 0.29) is 30.1 Å². The number of ether oxygens (including phenoxy) is 3. The molecule has 1 aromatic rings. The van der Waals surface area contributed by atoms with Crippen LogP contribution in [-0.4, -0.2) is 65.1 Å². The molecule has 1 N–H and O–H groups in total. The molecular formula is C20H27BN2O5. The fourth-order valence-electron chi connectivity index (χ4n) is 4.62. The van der Waals surface area contributed by atoms with Gasteiger partial charge in [0.15, 0.2) is 11.5 Å². The zero-order chi connectivity index (χ0) is 19.7. The van der Waals surface area contributed by atoms with Crippen LogP contribution < -0.4 is 14.7 Å². The van der Waals surface area contributed by atoms with Gasteiger partial charge < -0.3 is 29.0 Å². The largest absolute Gasteiger partial charge is 0.493 e. The van der Waals surface area contributed by atoms with E-state index in [9.17, 15) is 4.79 Å². The Morgan fingerprint density at radius 3 is 3.07 bits per heavy atom. The maximum atomic E-state index is 12.1. The highest BCUT2D eigenvalue weighted by molar-refractivity contribution is 6.23. The van der Waals surface area contributed by atoms with Crippen LogP contribution >= 0.6 is 0 Å². The molecule has 0 fully saturated rings. The SMILES string of the molecule is COBNCC(=O)O[C@H]1C=C[C@@]23CCN(C)Cc4ccc(OC)c(c42)O[C@H]3C1. The Bertz CT molecular complexity index is 786. The highest BCUT2D eigenvalue weighted by Crippen LogP contribution is 2.55. The summed E-state index contributed by atoms with van der Waals surface area (Å²) in [7, 11) is 5.71. The van der Waals surface area contributed by atoms with Crippen LogP contribution in [0.3, 0.4) is 0 Å². The van der Waals surface area contributed by atoms with Crippen molar-refractivity contribution < 1.29 is 23.7 Å². The summed E-state index contributed by atoms with van der Waals surface area (Å²) in [4.78, 5) is 14.4. The quantitative estimate of drug-likeness (QED) is 0.337. The highest BCUT2D eigenvalue weighted by atomic mass is 16.6. The number of carbonyl (C=O) groups is 1. The van der Waals surface area contributed by atoms with Crippen molar-refractivity contribution in [2.75, 3.05) is 34.4 Å². The van der Waals surface area contributed by atoms with Crippen LogP contribution in [0.1, 0.15) is 24.0 Å². The van der Waals surface area contributed by atoms with E-state index < -0.39 is 0 Å². The maximum absolute atomic E-state index is 12.1. The molecule has 0 saturated heterocycles. The normalized spacial score (nSPS) is 28.0. The van der Waals surface area contributed by atoms with Crippen molar-refractivity contribution in [2.24, 2.45) is 0 Å². The number of nitrogens with one attached hydrogen (secondary N) is 1. The average Bonchev–Trinajstić information content (AvgIpc) is 2.94. The molecule has 2 aliphatic heterocycles. The van der Waals surface area contributed by atoms with E-state index in [4.69, 9.17) is 18.9 Å². The van der Waals surface area contributed by atoms with Gasteiger partial charge in [0.1, 0.15) is 12.2 Å². The monoisotopic (exact) mass is 386 g/mol. The minimum absolute atomic E-state index is 0.0706. The second-order valence-electron chi connectivity index (χ2n) is 7.75. The van der Waals surface area contributed by atoms with Crippen LogP contribution in [0.15, 0.2) is 24.3 Å². The molecule has 8 heteroatoms. The predicted molar refractivity (Wildman–Crippen MR) is 106 cm³/mol. The van der Waals surface area contributed by atoms with Gasteiger partial charge >= 0.3 is 13.6 Å². The summed E-state index contributed by atoms with van der Waals surface area (Å²) in [6.07, 6.45) is 5.46. The van der Waals surface area contributed by atoms with Crippen LogP contribution in [0.25, 0.3) is 0 Å². The van der Waals surface area contributed by atoms with Crippen molar-refractivity contribution >= 4 is 13.6 Å². The van der Waals surface area contributed by atoms with E-state index in [1.165, 1.54) is 11.1 Å². The molecule has 2 heterocycles. The Morgan fingerprint density at radius 2 is 2.29 bits per heavy atom. The van der Waals surface area contributed by atoms with Gasteiger partial charge in [0, 0.05) is 25.6 Å². The number of benzene rings is 1. The van der Waals surface area contributed by atoms with Crippen molar-refractivity contribution in [3.8, 4) is 11.5 Å². The van der Waals surface area contributed by atoms with Crippen LogP contribution in [-0.2, 0) is 26.1 Å². The average molecular weight is 386 g/mol. The molecule has 1 aromatic carbocycles. The molecule has 0 bridgehead atoms. The summed E-state index contributed by atoms with van der Waals surface area (Å²) in [5, 5.41) is 2.87. The lowest BCUT2D eigenvalue weighted by Crippen LogP contribution is -2.44. The summed E-state index contributed by atoms with van der Waals surface area (Å²) in [6.45, 7) is 1.99. The van der Waals surface area contributed by atoms with Crippen LogP contribution in [0, 0.1) is 0 Å². The van der Waals surface area contributed by atoms with Gasteiger partial charge in [-0.15, -0.1) is 0 Å². The van der Waals surface area contributed by atoms with Gasteiger partial charge in [0.25, 0.3) is 0 Å². The Hall–Kier alpha value is -2.03. The first-order chi connectivity index (χ1) is 13.6. The second-order valence-corrected chi connectivity index (χ2v) is 7.75. The Morgan fingerprint density at radius 1 is 1.43 bits per heavy atom. The third-order valence-electron chi connectivity index (χ3n) is 5.93. The first kappa shape index (κ1) is 19.3. The lowest BCUT2D eigenvalue weighted by molar-refractivity contribution is -0.146. The van der Waals surface area contributed by atoms with Crippen LogP contribution in [0.5, 0.6) is 11.5 Å². The summed E-state index contributed by atoms with van der Waals surface area (Å²) in [6, 6.07) is 4.13. The Labute approximate surface area is 166 Å². The zero-order valence-electron chi connectivity index (χ0n) is 16.7. The molecule has 1 spiro atoms. The molecule has 3 aliphatic rings. The van der Waals surface area contributed by atoms with Crippen molar-refractivity contribution in [1.29, 1.82) is 0 Å². The van der Waals surface area contributed by atoms with E-state index in [1.807, 2.05) is 12.1 Å². The summed E-state index contributed by atoms with van der Waals surface area (Å²) >= 11 is 0. The first-order valence-electron chi connectivity index (χ1n) is 9.71. The zero-order valence-corrected chi connectivity index (χ0v) is 16.7. The molecule has 0 amide bonds. The van der Waals surface area contributed by atoms with Crippen LogP contribution in [0.2, 0.25) is 0 Å². The molecule has 7 nitrogen and oxygen atoms in total. The third kappa shape index (κ3) is 3.29. The van der Waals surface area contributed by atoms with E-state index in [2.05, 4.69) is 29.3 Å². The van der Waals surface area contributed by atoms with E-state index in [0.717, 1.165) is 31.0 Å². The van der Waals surface area contributed by atoms with E-state index in [1.54, 1.807) is 14.2 Å². The second kappa shape index (κ2) is 7.77. The molecule has 150 valence electrons. The van der Waals surface area contributed by atoms with Gasteiger partial charge in [-0.25, -0.2) is 0 Å². The number of hydrogen-bond acceptors (Lipinski definition) is 7. The molecule has 3 atom stereocenters. The van der Waals surface area contributed by atoms with Gasteiger partial charge in [-0.2, -0.15) is 0 Å². The smallest absolute Gasteiger partial charge is 0.360 e. The molecule has 0 aromatic heterocycles. The number of carbonyl (C=O) groups excluding carboxylic acids is 1. The molecule has 4 rings (SSSR count). The number of rotatable bonds is 6. The molecule has 0 unspecified atom stereocenters. The fraction of sp³-hybridized carbons (Fsp3) is 0.550. The van der Waals surface area contributed by atoms with Gasteiger partial charge in [-0.3, -0.25) is 4.79 Å². The van der Waals surface area contributed by atoms with Crippen molar-refractivity contribution in [3.05, 3.63) is 35.4 Å². The minimum atomic E-state index is -0.294.